The molecule has 1 aromatic carbocycles. The van der Waals surface area contributed by atoms with Gasteiger partial charge in [0.25, 0.3) is 0 Å². The topological polar surface area (TPSA) is 89.9 Å². The Bertz CT molecular complexity index is 431. The van der Waals surface area contributed by atoms with Crippen LogP contribution in [0.5, 0.6) is 0 Å². The van der Waals surface area contributed by atoms with Crippen LogP contribution in [0.15, 0.2) is 24.3 Å². The summed E-state index contributed by atoms with van der Waals surface area (Å²) >= 11 is 0. The lowest BCUT2D eigenvalue weighted by Crippen LogP contribution is -2.35. The molecule has 0 atom stereocenters. The van der Waals surface area contributed by atoms with Gasteiger partial charge < -0.3 is 20.4 Å². The molecule has 0 aliphatic heterocycles. The molecule has 0 fully saturated rings. The molecule has 104 valence electrons. The average Bonchev–Trinajstić information content (AvgIpc) is 2.40. The van der Waals surface area contributed by atoms with Crippen LogP contribution in [0.25, 0.3) is 0 Å². The Balaban J connectivity index is 2.62. The lowest BCUT2D eigenvalue weighted by Gasteiger charge is -2.20. The molecule has 0 saturated carbocycles. The number of carboxylic acids is 1. The maximum Gasteiger partial charge on any atom is 0.335 e. The molecule has 1 aromatic rings. The van der Waals surface area contributed by atoms with Crippen LogP contribution in [-0.4, -0.2) is 46.8 Å². The molecule has 2 amide bonds. The molecule has 0 aromatic heterocycles. The number of carboxylic acid groups (broad SMARTS) is 1. The first-order valence-corrected chi connectivity index (χ1v) is 6.08. The summed E-state index contributed by atoms with van der Waals surface area (Å²) in [6, 6.07) is 5.69. The molecule has 0 bridgehead atoms. The van der Waals surface area contributed by atoms with Crippen molar-refractivity contribution in [1.82, 2.24) is 4.90 Å². The van der Waals surface area contributed by atoms with E-state index in [2.05, 4.69) is 5.32 Å². The monoisotopic (exact) mass is 266 g/mol. The van der Waals surface area contributed by atoms with Crippen LogP contribution >= 0.6 is 0 Å². The number of hydrogen-bond acceptors (Lipinski definition) is 3. The standard InChI is InChI=1S/C13H18N2O4/c1-2-15(8-3-9-16)13(19)14-11-6-4-10(5-7-11)12(17)18/h4-7,16H,2-3,8-9H2,1H3,(H,14,19)(H,17,18). The number of carbonyl (C=O) groups excluding carboxylic acids is 1. The Morgan fingerprint density at radius 3 is 2.37 bits per heavy atom. The fourth-order valence-electron chi connectivity index (χ4n) is 1.56. The summed E-state index contributed by atoms with van der Waals surface area (Å²) in [7, 11) is 0. The molecule has 6 heteroatoms. The third kappa shape index (κ3) is 4.59. The number of carbonyl (C=O) groups is 2. The Kier molecular flexibility index (Phi) is 5.81. The van der Waals surface area contributed by atoms with Gasteiger partial charge in [-0.2, -0.15) is 0 Å². The van der Waals surface area contributed by atoms with E-state index in [0.717, 1.165) is 0 Å². The van der Waals surface area contributed by atoms with Gasteiger partial charge in [-0.3, -0.25) is 0 Å². The van der Waals surface area contributed by atoms with E-state index in [4.69, 9.17) is 10.2 Å². The van der Waals surface area contributed by atoms with Crippen LogP contribution in [0.3, 0.4) is 0 Å². The number of nitrogens with zero attached hydrogens (tertiary/aromatic N) is 1. The average molecular weight is 266 g/mol. The highest BCUT2D eigenvalue weighted by Gasteiger charge is 2.11. The van der Waals surface area contributed by atoms with Crippen molar-refractivity contribution in [3.8, 4) is 0 Å². The van der Waals surface area contributed by atoms with E-state index in [1.54, 1.807) is 17.0 Å². The number of rotatable bonds is 6. The predicted octanol–water partition coefficient (Wildman–Crippen LogP) is 1.62. The molecular weight excluding hydrogens is 248 g/mol. The number of benzene rings is 1. The van der Waals surface area contributed by atoms with Crippen molar-refractivity contribution in [2.24, 2.45) is 0 Å². The molecule has 19 heavy (non-hydrogen) atoms. The van der Waals surface area contributed by atoms with E-state index in [1.165, 1.54) is 12.1 Å². The molecule has 1 rings (SSSR count). The first kappa shape index (κ1) is 15.0. The van der Waals surface area contributed by atoms with E-state index < -0.39 is 5.97 Å². The number of urea groups is 1. The maximum atomic E-state index is 11.9. The third-order valence-electron chi connectivity index (χ3n) is 2.64. The van der Waals surface area contributed by atoms with Crippen molar-refractivity contribution >= 4 is 17.7 Å². The van der Waals surface area contributed by atoms with E-state index in [1.807, 2.05) is 6.92 Å². The van der Waals surface area contributed by atoms with Gasteiger partial charge >= 0.3 is 12.0 Å². The van der Waals surface area contributed by atoms with E-state index in [0.29, 0.717) is 25.2 Å². The first-order chi connectivity index (χ1) is 9.08. The Labute approximate surface area is 111 Å². The molecule has 0 aliphatic rings. The van der Waals surface area contributed by atoms with Crippen LogP contribution in [0.1, 0.15) is 23.7 Å². The normalized spacial score (nSPS) is 10.0. The molecule has 0 saturated heterocycles. The van der Waals surface area contributed by atoms with Crippen LogP contribution in [-0.2, 0) is 0 Å². The zero-order chi connectivity index (χ0) is 14.3. The minimum absolute atomic E-state index is 0.0388. The van der Waals surface area contributed by atoms with Crippen LogP contribution in [0, 0.1) is 0 Å². The molecule has 0 radical (unpaired) electrons. The number of amides is 2. The van der Waals surface area contributed by atoms with Crippen molar-refractivity contribution in [3.63, 3.8) is 0 Å². The highest BCUT2D eigenvalue weighted by molar-refractivity contribution is 5.91. The largest absolute Gasteiger partial charge is 0.478 e. The van der Waals surface area contributed by atoms with E-state index in [-0.39, 0.29) is 18.2 Å². The predicted molar refractivity (Wildman–Crippen MR) is 71.4 cm³/mol. The Hall–Kier alpha value is -2.08. The van der Waals surface area contributed by atoms with Crippen LogP contribution in [0.2, 0.25) is 0 Å². The highest BCUT2D eigenvalue weighted by Crippen LogP contribution is 2.10. The Morgan fingerprint density at radius 2 is 1.89 bits per heavy atom. The second kappa shape index (κ2) is 7.38. The van der Waals surface area contributed by atoms with Gasteiger partial charge in [-0.05, 0) is 37.6 Å². The van der Waals surface area contributed by atoms with Crippen LogP contribution in [0.4, 0.5) is 10.5 Å². The van der Waals surface area contributed by atoms with Crippen molar-refractivity contribution in [3.05, 3.63) is 29.8 Å². The van der Waals surface area contributed by atoms with Gasteiger partial charge in [0, 0.05) is 25.4 Å². The Morgan fingerprint density at radius 1 is 1.26 bits per heavy atom. The van der Waals surface area contributed by atoms with Crippen LogP contribution < -0.4 is 5.32 Å². The fraction of sp³-hybridized carbons (Fsp3) is 0.385. The smallest absolute Gasteiger partial charge is 0.335 e. The number of aromatic carboxylic acids is 1. The fourth-order valence-corrected chi connectivity index (χ4v) is 1.56. The van der Waals surface area contributed by atoms with Gasteiger partial charge in [-0.25, -0.2) is 9.59 Å². The number of hydrogen-bond donors (Lipinski definition) is 3. The lowest BCUT2D eigenvalue weighted by molar-refractivity contribution is 0.0697. The number of aliphatic hydroxyl groups is 1. The van der Waals surface area contributed by atoms with Crippen molar-refractivity contribution < 1.29 is 19.8 Å². The van der Waals surface area contributed by atoms with Gasteiger partial charge in [0.2, 0.25) is 0 Å². The zero-order valence-electron chi connectivity index (χ0n) is 10.8. The highest BCUT2D eigenvalue weighted by atomic mass is 16.4. The van der Waals surface area contributed by atoms with E-state index in [9.17, 15) is 9.59 Å². The zero-order valence-corrected chi connectivity index (χ0v) is 10.8. The second-order valence-corrected chi connectivity index (χ2v) is 3.97. The second-order valence-electron chi connectivity index (χ2n) is 3.97. The summed E-state index contributed by atoms with van der Waals surface area (Å²) in [5.74, 6) is -1.00. The summed E-state index contributed by atoms with van der Waals surface area (Å²) in [5, 5.41) is 20.2. The molecule has 0 heterocycles. The molecular formula is C13H18N2O4. The molecule has 0 spiro atoms. The first-order valence-electron chi connectivity index (χ1n) is 6.08. The minimum atomic E-state index is -1.00. The number of anilines is 1. The van der Waals surface area contributed by atoms with Gasteiger partial charge in [0.05, 0.1) is 5.56 Å². The van der Waals surface area contributed by atoms with Gasteiger partial charge in [-0.15, -0.1) is 0 Å². The quantitative estimate of drug-likeness (QED) is 0.729. The third-order valence-corrected chi connectivity index (χ3v) is 2.64. The number of nitrogens with one attached hydrogen (secondary N) is 1. The van der Waals surface area contributed by atoms with Crippen molar-refractivity contribution in [2.75, 3.05) is 25.0 Å². The lowest BCUT2D eigenvalue weighted by atomic mass is 10.2. The maximum absolute atomic E-state index is 11.9. The summed E-state index contributed by atoms with van der Waals surface area (Å²) in [6.45, 7) is 2.91. The van der Waals surface area contributed by atoms with E-state index >= 15 is 0 Å². The summed E-state index contributed by atoms with van der Waals surface area (Å²) < 4.78 is 0. The van der Waals surface area contributed by atoms with Gasteiger partial charge in [0.1, 0.15) is 0 Å². The SMILES string of the molecule is CCN(CCCO)C(=O)Nc1ccc(C(=O)O)cc1. The minimum Gasteiger partial charge on any atom is -0.478 e. The molecule has 0 unspecified atom stereocenters. The summed E-state index contributed by atoms with van der Waals surface area (Å²) in [4.78, 5) is 24.1. The molecule has 0 aliphatic carbocycles. The van der Waals surface area contributed by atoms with Gasteiger partial charge in [0.15, 0.2) is 0 Å². The molecule has 6 nitrogen and oxygen atoms in total. The van der Waals surface area contributed by atoms with Crippen molar-refractivity contribution in [2.45, 2.75) is 13.3 Å². The van der Waals surface area contributed by atoms with Gasteiger partial charge in [-0.1, -0.05) is 0 Å². The molecule has 3 N–H and O–H groups in total. The summed E-state index contributed by atoms with van der Waals surface area (Å²) in [5.41, 5.74) is 0.711. The summed E-state index contributed by atoms with van der Waals surface area (Å²) in [6.07, 6.45) is 0.527. The van der Waals surface area contributed by atoms with Crippen molar-refractivity contribution in [1.29, 1.82) is 0 Å². The number of aliphatic hydroxyl groups excluding tert-OH is 1.